The lowest BCUT2D eigenvalue weighted by Gasteiger charge is -2.19. The van der Waals surface area contributed by atoms with Crippen LogP contribution < -0.4 is 10.6 Å². The highest BCUT2D eigenvalue weighted by Gasteiger charge is 2.16. The number of amides is 1. The second-order valence-electron chi connectivity index (χ2n) is 5.53. The standard InChI is InChI=1S/C15H19N3O3/c1-15(2,3)21-14(19)18-12-6-4-5-11(7-12)17-9-13-8-16-10-20-13/h4-8,10,17H,9H2,1-3H3,(H,18,19). The van der Waals surface area contributed by atoms with Crippen LogP contribution in [0.3, 0.4) is 0 Å². The average molecular weight is 289 g/mol. The molecule has 6 heteroatoms. The van der Waals surface area contributed by atoms with Gasteiger partial charge in [-0.3, -0.25) is 5.32 Å². The van der Waals surface area contributed by atoms with Gasteiger partial charge in [-0.1, -0.05) is 6.07 Å². The van der Waals surface area contributed by atoms with Gasteiger partial charge in [0.2, 0.25) is 0 Å². The van der Waals surface area contributed by atoms with E-state index in [2.05, 4.69) is 15.6 Å². The van der Waals surface area contributed by atoms with Crippen LogP contribution in [0.25, 0.3) is 0 Å². The van der Waals surface area contributed by atoms with Crippen LogP contribution in [0, 0.1) is 0 Å². The molecule has 2 rings (SSSR count). The molecule has 2 N–H and O–H groups in total. The molecule has 0 fully saturated rings. The Morgan fingerprint density at radius 2 is 2.10 bits per heavy atom. The van der Waals surface area contributed by atoms with Gasteiger partial charge in [0.25, 0.3) is 0 Å². The van der Waals surface area contributed by atoms with Crippen molar-refractivity contribution in [2.24, 2.45) is 0 Å². The molecule has 6 nitrogen and oxygen atoms in total. The van der Waals surface area contributed by atoms with Gasteiger partial charge in [-0.15, -0.1) is 0 Å². The summed E-state index contributed by atoms with van der Waals surface area (Å²) in [5, 5.41) is 5.88. The van der Waals surface area contributed by atoms with Crippen molar-refractivity contribution in [3.8, 4) is 0 Å². The minimum Gasteiger partial charge on any atom is -0.447 e. The smallest absolute Gasteiger partial charge is 0.412 e. The van der Waals surface area contributed by atoms with Crippen molar-refractivity contribution in [3.63, 3.8) is 0 Å². The largest absolute Gasteiger partial charge is 0.447 e. The number of nitrogens with zero attached hydrogens (tertiary/aromatic N) is 1. The molecule has 0 saturated heterocycles. The summed E-state index contributed by atoms with van der Waals surface area (Å²) in [5.41, 5.74) is 0.999. The number of oxazole rings is 1. The molecule has 21 heavy (non-hydrogen) atoms. The first-order valence-corrected chi connectivity index (χ1v) is 6.64. The maximum Gasteiger partial charge on any atom is 0.412 e. The number of rotatable bonds is 4. The van der Waals surface area contributed by atoms with E-state index in [0.717, 1.165) is 11.4 Å². The predicted molar refractivity (Wildman–Crippen MR) is 80.1 cm³/mol. The van der Waals surface area contributed by atoms with Gasteiger partial charge in [-0.25, -0.2) is 9.78 Å². The normalized spacial score (nSPS) is 11.0. The van der Waals surface area contributed by atoms with Crippen LogP contribution in [0.1, 0.15) is 26.5 Å². The van der Waals surface area contributed by atoms with Crippen molar-refractivity contribution in [2.45, 2.75) is 32.9 Å². The minimum atomic E-state index is -0.522. The molecule has 112 valence electrons. The molecular formula is C15H19N3O3. The van der Waals surface area contributed by atoms with Crippen LogP contribution in [0.2, 0.25) is 0 Å². The molecule has 0 radical (unpaired) electrons. The number of carbonyl (C=O) groups is 1. The van der Waals surface area contributed by atoms with Gasteiger partial charge >= 0.3 is 6.09 Å². The molecule has 2 aromatic rings. The van der Waals surface area contributed by atoms with Crippen LogP contribution in [0.4, 0.5) is 16.2 Å². The van der Waals surface area contributed by atoms with Crippen LogP contribution in [-0.2, 0) is 11.3 Å². The summed E-state index contributed by atoms with van der Waals surface area (Å²) in [4.78, 5) is 15.6. The summed E-state index contributed by atoms with van der Waals surface area (Å²) in [6, 6.07) is 7.36. The van der Waals surface area contributed by atoms with Crippen molar-refractivity contribution >= 4 is 17.5 Å². The van der Waals surface area contributed by atoms with Gasteiger partial charge in [0.1, 0.15) is 11.4 Å². The molecule has 0 aliphatic heterocycles. The topological polar surface area (TPSA) is 76.4 Å². The Bertz CT molecular complexity index is 588. The summed E-state index contributed by atoms with van der Waals surface area (Å²) < 4.78 is 10.3. The minimum absolute atomic E-state index is 0.477. The monoisotopic (exact) mass is 289 g/mol. The molecule has 0 bridgehead atoms. The van der Waals surface area contributed by atoms with Gasteiger partial charge < -0.3 is 14.5 Å². The number of aromatic nitrogens is 1. The number of ether oxygens (including phenoxy) is 1. The fourth-order valence-electron chi connectivity index (χ4n) is 1.65. The third-order valence-electron chi connectivity index (χ3n) is 2.46. The fraction of sp³-hybridized carbons (Fsp3) is 0.333. The van der Waals surface area contributed by atoms with Crippen LogP contribution >= 0.6 is 0 Å². The Kier molecular flexibility index (Phi) is 4.47. The van der Waals surface area contributed by atoms with E-state index in [4.69, 9.17) is 9.15 Å². The van der Waals surface area contributed by atoms with Gasteiger partial charge in [0.05, 0.1) is 12.7 Å². The first-order valence-electron chi connectivity index (χ1n) is 6.64. The molecule has 1 amide bonds. The Morgan fingerprint density at radius 1 is 1.33 bits per heavy atom. The molecule has 1 aromatic heterocycles. The van der Waals surface area contributed by atoms with Crippen molar-refractivity contribution < 1.29 is 13.9 Å². The number of nitrogens with one attached hydrogen (secondary N) is 2. The lowest BCUT2D eigenvalue weighted by atomic mass is 10.2. The first kappa shape index (κ1) is 14.9. The van der Waals surface area contributed by atoms with E-state index in [1.54, 1.807) is 12.3 Å². The van der Waals surface area contributed by atoms with Crippen molar-refractivity contribution in [1.82, 2.24) is 4.98 Å². The second-order valence-corrected chi connectivity index (χ2v) is 5.53. The van der Waals surface area contributed by atoms with E-state index in [9.17, 15) is 4.79 Å². The van der Waals surface area contributed by atoms with Gasteiger partial charge in [-0.05, 0) is 39.0 Å². The average Bonchev–Trinajstić information content (AvgIpc) is 2.87. The van der Waals surface area contributed by atoms with E-state index in [1.165, 1.54) is 6.39 Å². The molecule has 1 aromatic carbocycles. The summed E-state index contributed by atoms with van der Waals surface area (Å²) in [7, 11) is 0. The zero-order chi connectivity index (χ0) is 15.3. The van der Waals surface area contributed by atoms with Crippen LogP contribution in [0.5, 0.6) is 0 Å². The van der Waals surface area contributed by atoms with Crippen LogP contribution in [-0.4, -0.2) is 16.7 Å². The SMILES string of the molecule is CC(C)(C)OC(=O)Nc1cccc(NCc2cnco2)c1. The van der Waals surface area contributed by atoms with Crippen molar-refractivity contribution in [1.29, 1.82) is 0 Å². The summed E-state index contributed by atoms with van der Waals surface area (Å²) in [6.07, 6.45) is 2.56. The molecule has 0 saturated carbocycles. The van der Waals surface area contributed by atoms with Crippen molar-refractivity contribution in [3.05, 3.63) is 42.6 Å². The Morgan fingerprint density at radius 3 is 2.76 bits per heavy atom. The van der Waals surface area contributed by atoms with E-state index in [-0.39, 0.29) is 0 Å². The quantitative estimate of drug-likeness (QED) is 0.898. The van der Waals surface area contributed by atoms with E-state index in [0.29, 0.717) is 12.2 Å². The highest BCUT2D eigenvalue weighted by molar-refractivity contribution is 5.85. The predicted octanol–water partition coefficient (Wildman–Crippen LogP) is 3.63. The summed E-state index contributed by atoms with van der Waals surface area (Å²) >= 11 is 0. The lowest BCUT2D eigenvalue weighted by molar-refractivity contribution is 0.0636. The summed E-state index contributed by atoms with van der Waals surface area (Å²) in [5.74, 6) is 0.737. The van der Waals surface area contributed by atoms with Gasteiger partial charge in [-0.2, -0.15) is 0 Å². The molecule has 0 aliphatic carbocycles. The Hall–Kier alpha value is -2.50. The summed E-state index contributed by atoms with van der Waals surface area (Å²) in [6.45, 7) is 5.99. The molecule has 0 aliphatic rings. The molecule has 1 heterocycles. The van der Waals surface area contributed by atoms with Crippen molar-refractivity contribution in [2.75, 3.05) is 10.6 Å². The highest BCUT2D eigenvalue weighted by Crippen LogP contribution is 2.17. The number of benzene rings is 1. The van der Waals surface area contributed by atoms with Gasteiger partial charge in [0.15, 0.2) is 6.39 Å². The number of carbonyl (C=O) groups excluding carboxylic acids is 1. The Labute approximate surface area is 123 Å². The maximum atomic E-state index is 11.7. The fourth-order valence-corrected chi connectivity index (χ4v) is 1.65. The van der Waals surface area contributed by atoms with Gasteiger partial charge in [0, 0.05) is 11.4 Å². The number of hydrogen-bond acceptors (Lipinski definition) is 5. The zero-order valence-corrected chi connectivity index (χ0v) is 12.3. The molecule has 0 spiro atoms. The number of anilines is 2. The third-order valence-corrected chi connectivity index (χ3v) is 2.46. The molecule has 0 unspecified atom stereocenters. The van der Waals surface area contributed by atoms with Crippen LogP contribution in [0.15, 0.2) is 41.3 Å². The zero-order valence-electron chi connectivity index (χ0n) is 12.3. The third kappa shape index (κ3) is 5.18. The lowest BCUT2D eigenvalue weighted by Crippen LogP contribution is -2.27. The molecular weight excluding hydrogens is 270 g/mol. The maximum absolute atomic E-state index is 11.7. The van der Waals surface area contributed by atoms with E-state index in [1.807, 2.05) is 39.0 Å². The Balaban J connectivity index is 1.92. The molecule has 0 atom stereocenters. The highest BCUT2D eigenvalue weighted by atomic mass is 16.6. The van der Waals surface area contributed by atoms with E-state index < -0.39 is 11.7 Å². The first-order chi connectivity index (χ1) is 9.92. The van der Waals surface area contributed by atoms with E-state index >= 15 is 0 Å². The second kappa shape index (κ2) is 6.30. The number of hydrogen-bond donors (Lipinski definition) is 2.